The fourth-order valence-corrected chi connectivity index (χ4v) is 2.85. The lowest BCUT2D eigenvalue weighted by Crippen LogP contribution is -2.17. The minimum atomic E-state index is -0.647. The highest BCUT2D eigenvalue weighted by Crippen LogP contribution is 2.48. The van der Waals surface area contributed by atoms with Crippen LogP contribution >= 0.6 is 11.8 Å². The molecule has 1 fully saturated rings. The van der Waals surface area contributed by atoms with Crippen LogP contribution in [0.4, 0.5) is 0 Å². The first kappa shape index (κ1) is 10.6. The molecule has 1 aliphatic carbocycles. The molecule has 0 unspecified atom stereocenters. The lowest BCUT2D eigenvalue weighted by Gasteiger charge is -2.07. The molecule has 1 aliphatic rings. The molecular formula is C11H14O3S. The Hall–Kier alpha value is -0.900. The Morgan fingerprint density at radius 2 is 2.40 bits per heavy atom. The van der Waals surface area contributed by atoms with Crippen LogP contribution in [0.15, 0.2) is 16.7 Å². The number of carbonyl (C=O) groups is 1. The van der Waals surface area contributed by atoms with Crippen molar-refractivity contribution in [2.75, 3.05) is 5.75 Å². The molecule has 0 aliphatic heterocycles. The van der Waals surface area contributed by atoms with Crippen LogP contribution in [0.1, 0.15) is 24.2 Å². The monoisotopic (exact) mass is 226 g/mol. The van der Waals surface area contributed by atoms with E-state index in [1.54, 1.807) is 18.0 Å². The minimum absolute atomic E-state index is 0.425. The first-order valence-electron chi connectivity index (χ1n) is 4.98. The van der Waals surface area contributed by atoms with Gasteiger partial charge in [-0.1, -0.05) is 0 Å². The topological polar surface area (TPSA) is 50.4 Å². The molecule has 0 amide bonds. The Kier molecular flexibility index (Phi) is 2.78. The van der Waals surface area contributed by atoms with Gasteiger partial charge < -0.3 is 9.52 Å². The van der Waals surface area contributed by atoms with Crippen LogP contribution in [-0.4, -0.2) is 16.8 Å². The maximum absolute atomic E-state index is 10.9. The summed E-state index contributed by atoms with van der Waals surface area (Å²) in [5, 5.41) is 8.98. The number of hydrogen-bond donors (Lipinski definition) is 1. The van der Waals surface area contributed by atoms with E-state index in [1.165, 1.54) is 0 Å². The fourth-order valence-electron chi connectivity index (χ4n) is 1.46. The number of aliphatic carboxylic acids is 1. The van der Waals surface area contributed by atoms with Crippen LogP contribution in [0.5, 0.6) is 0 Å². The summed E-state index contributed by atoms with van der Waals surface area (Å²) in [7, 11) is 0. The fraction of sp³-hybridized carbons (Fsp3) is 0.545. The van der Waals surface area contributed by atoms with E-state index in [1.807, 2.05) is 13.0 Å². The molecule has 0 saturated heterocycles. The van der Waals surface area contributed by atoms with Crippen LogP contribution in [0, 0.1) is 12.3 Å². The summed E-state index contributed by atoms with van der Waals surface area (Å²) >= 11 is 1.65. The molecule has 0 radical (unpaired) electrons. The van der Waals surface area contributed by atoms with Gasteiger partial charge in [-0.2, -0.15) is 11.8 Å². The van der Waals surface area contributed by atoms with Crippen molar-refractivity contribution in [3.05, 3.63) is 23.7 Å². The van der Waals surface area contributed by atoms with Crippen molar-refractivity contribution in [2.45, 2.75) is 25.5 Å². The third kappa shape index (κ3) is 2.20. The molecule has 1 N–H and O–H groups in total. The van der Waals surface area contributed by atoms with Crippen molar-refractivity contribution in [3.8, 4) is 0 Å². The molecule has 1 heterocycles. The van der Waals surface area contributed by atoms with E-state index in [9.17, 15) is 4.79 Å². The molecule has 1 aromatic heterocycles. The standard InChI is InChI=1S/C11H14O3S/c1-8-2-5-14-9(8)6-15-7-11(3-4-11)10(12)13/h2,5H,3-4,6-7H2,1H3,(H,12,13). The highest BCUT2D eigenvalue weighted by molar-refractivity contribution is 7.98. The third-order valence-corrected chi connectivity index (χ3v) is 4.11. The number of thioether (sulfide) groups is 1. The van der Waals surface area contributed by atoms with Gasteiger partial charge >= 0.3 is 5.97 Å². The van der Waals surface area contributed by atoms with Gasteiger partial charge in [0.05, 0.1) is 17.4 Å². The molecule has 1 aromatic rings. The normalized spacial score (nSPS) is 17.7. The predicted molar refractivity (Wildman–Crippen MR) is 58.9 cm³/mol. The van der Waals surface area contributed by atoms with Crippen molar-refractivity contribution in [1.82, 2.24) is 0 Å². The zero-order valence-electron chi connectivity index (χ0n) is 8.66. The van der Waals surface area contributed by atoms with Crippen LogP contribution in [0.3, 0.4) is 0 Å². The van der Waals surface area contributed by atoms with Crippen molar-refractivity contribution >= 4 is 17.7 Å². The molecule has 0 spiro atoms. The largest absolute Gasteiger partial charge is 0.481 e. The highest BCUT2D eigenvalue weighted by Gasteiger charge is 2.49. The second kappa shape index (κ2) is 3.93. The molecule has 0 atom stereocenters. The first-order valence-corrected chi connectivity index (χ1v) is 6.14. The van der Waals surface area contributed by atoms with Crippen molar-refractivity contribution in [2.24, 2.45) is 5.41 Å². The third-order valence-electron chi connectivity index (χ3n) is 2.89. The summed E-state index contributed by atoms with van der Waals surface area (Å²) in [6.45, 7) is 2.00. The Morgan fingerprint density at radius 3 is 2.87 bits per heavy atom. The van der Waals surface area contributed by atoms with E-state index in [-0.39, 0.29) is 0 Å². The van der Waals surface area contributed by atoms with Gasteiger partial charge in [0.15, 0.2) is 0 Å². The van der Waals surface area contributed by atoms with Gasteiger partial charge in [0.1, 0.15) is 5.76 Å². The second-order valence-corrected chi connectivity index (χ2v) is 5.09. The first-order chi connectivity index (χ1) is 7.14. The molecule has 0 aromatic carbocycles. The lowest BCUT2D eigenvalue weighted by molar-refractivity contribution is -0.142. The molecule has 2 rings (SSSR count). The van der Waals surface area contributed by atoms with Crippen LogP contribution < -0.4 is 0 Å². The molecule has 82 valence electrons. The smallest absolute Gasteiger partial charge is 0.310 e. The van der Waals surface area contributed by atoms with Gasteiger partial charge in [-0.05, 0) is 31.4 Å². The Balaban J connectivity index is 1.81. The zero-order chi connectivity index (χ0) is 10.9. The minimum Gasteiger partial charge on any atom is -0.481 e. The number of hydrogen-bond acceptors (Lipinski definition) is 3. The summed E-state index contributed by atoms with van der Waals surface area (Å²) in [6.07, 6.45) is 3.33. The number of rotatable bonds is 5. The van der Waals surface area contributed by atoms with E-state index in [0.29, 0.717) is 5.75 Å². The number of carboxylic acids is 1. The van der Waals surface area contributed by atoms with Crippen LogP contribution in [-0.2, 0) is 10.5 Å². The Labute approximate surface area is 92.9 Å². The maximum Gasteiger partial charge on any atom is 0.310 e. The SMILES string of the molecule is Cc1ccoc1CSCC1(C(=O)O)CC1. The lowest BCUT2D eigenvalue weighted by atomic mass is 10.1. The number of carboxylic acid groups (broad SMARTS) is 1. The van der Waals surface area contributed by atoms with E-state index in [0.717, 1.165) is 29.9 Å². The van der Waals surface area contributed by atoms with Crippen molar-refractivity contribution < 1.29 is 14.3 Å². The van der Waals surface area contributed by atoms with E-state index < -0.39 is 11.4 Å². The molecule has 0 bridgehead atoms. The van der Waals surface area contributed by atoms with Gasteiger partial charge in [0.25, 0.3) is 0 Å². The van der Waals surface area contributed by atoms with E-state index in [2.05, 4.69) is 0 Å². The van der Waals surface area contributed by atoms with Crippen molar-refractivity contribution in [1.29, 1.82) is 0 Å². The number of furan rings is 1. The van der Waals surface area contributed by atoms with Gasteiger partial charge in [-0.15, -0.1) is 0 Å². The summed E-state index contributed by atoms with van der Waals surface area (Å²) in [5.74, 6) is 1.78. The Bertz CT molecular complexity index is 366. The molecule has 3 nitrogen and oxygen atoms in total. The second-order valence-electron chi connectivity index (χ2n) is 4.11. The van der Waals surface area contributed by atoms with Gasteiger partial charge in [0.2, 0.25) is 0 Å². The maximum atomic E-state index is 10.9. The molecule has 1 saturated carbocycles. The van der Waals surface area contributed by atoms with Gasteiger partial charge in [-0.3, -0.25) is 4.79 Å². The summed E-state index contributed by atoms with van der Waals surface area (Å²) in [5.41, 5.74) is 0.716. The van der Waals surface area contributed by atoms with Gasteiger partial charge in [0, 0.05) is 5.75 Å². The average Bonchev–Trinajstić information content (AvgIpc) is 2.87. The zero-order valence-corrected chi connectivity index (χ0v) is 9.47. The van der Waals surface area contributed by atoms with Crippen molar-refractivity contribution in [3.63, 3.8) is 0 Å². The summed E-state index contributed by atoms with van der Waals surface area (Å²) in [4.78, 5) is 10.9. The highest BCUT2D eigenvalue weighted by atomic mass is 32.2. The molecule has 4 heteroatoms. The molecule has 15 heavy (non-hydrogen) atoms. The number of aryl methyl sites for hydroxylation is 1. The summed E-state index contributed by atoms with van der Waals surface area (Å²) < 4.78 is 5.29. The van der Waals surface area contributed by atoms with E-state index in [4.69, 9.17) is 9.52 Å². The van der Waals surface area contributed by atoms with Crippen LogP contribution in [0.2, 0.25) is 0 Å². The van der Waals surface area contributed by atoms with E-state index >= 15 is 0 Å². The quantitative estimate of drug-likeness (QED) is 0.838. The molecular weight excluding hydrogens is 212 g/mol. The van der Waals surface area contributed by atoms with Crippen LogP contribution in [0.25, 0.3) is 0 Å². The Morgan fingerprint density at radius 1 is 1.67 bits per heavy atom. The average molecular weight is 226 g/mol. The summed E-state index contributed by atoms with van der Waals surface area (Å²) in [6, 6.07) is 1.93. The van der Waals surface area contributed by atoms with Gasteiger partial charge in [-0.25, -0.2) is 0 Å². The predicted octanol–water partition coefficient (Wildman–Crippen LogP) is 2.69.